The molecule has 1 aromatic heterocycles. The number of nitrogens with zero attached hydrogens (tertiary/aromatic N) is 2. The molecule has 0 fully saturated rings. The van der Waals surface area contributed by atoms with Crippen LogP contribution in [0.1, 0.15) is 39.1 Å². The predicted octanol–water partition coefficient (Wildman–Crippen LogP) is 2.71. The van der Waals surface area contributed by atoms with Crippen LogP contribution in [0.25, 0.3) is 0 Å². The van der Waals surface area contributed by atoms with Crippen molar-refractivity contribution >= 4 is 40.6 Å². The summed E-state index contributed by atoms with van der Waals surface area (Å²) in [4.78, 5) is 39.4. The summed E-state index contributed by atoms with van der Waals surface area (Å²) in [6.07, 6.45) is 0.249. The lowest BCUT2D eigenvalue weighted by molar-refractivity contribution is -0.122. The second-order valence-electron chi connectivity index (χ2n) is 7.28. The number of nitrogen functional groups attached to an aromatic ring is 1. The third kappa shape index (κ3) is 5.31. The van der Waals surface area contributed by atoms with Crippen LogP contribution < -0.4 is 26.4 Å². The van der Waals surface area contributed by atoms with Crippen molar-refractivity contribution in [1.82, 2.24) is 9.69 Å². The van der Waals surface area contributed by atoms with Gasteiger partial charge in [-0.15, -0.1) is 0 Å². The zero-order valence-corrected chi connectivity index (χ0v) is 19.4. The van der Waals surface area contributed by atoms with Gasteiger partial charge in [0.15, 0.2) is 5.69 Å². The van der Waals surface area contributed by atoms with Gasteiger partial charge in [-0.05, 0) is 59.9 Å². The van der Waals surface area contributed by atoms with Gasteiger partial charge in [0.2, 0.25) is 5.91 Å². The van der Waals surface area contributed by atoms with Crippen molar-refractivity contribution in [2.75, 3.05) is 17.7 Å². The zero-order chi connectivity index (χ0) is 24.8. The molecule has 0 aliphatic heterocycles. The molecule has 1 atom stereocenters. The van der Waals surface area contributed by atoms with Gasteiger partial charge in [0.25, 0.3) is 11.8 Å². The molecule has 0 bridgehead atoms. The first-order chi connectivity index (χ1) is 16.3. The number of rotatable bonds is 9. The van der Waals surface area contributed by atoms with Crippen LogP contribution in [0.15, 0.2) is 48.5 Å². The lowest BCUT2D eigenvalue weighted by Crippen LogP contribution is -2.49. The topological polar surface area (TPSA) is 141 Å². The summed E-state index contributed by atoms with van der Waals surface area (Å²) in [5, 5.41) is 2.83. The maximum atomic E-state index is 13.6. The molecule has 0 spiro atoms. The van der Waals surface area contributed by atoms with Gasteiger partial charge in [0.1, 0.15) is 22.5 Å². The smallest absolute Gasteiger partial charge is 0.272 e. The molecule has 11 heteroatoms. The van der Waals surface area contributed by atoms with Crippen LogP contribution in [0.3, 0.4) is 0 Å². The third-order valence-electron chi connectivity index (χ3n) is 5.11. The zero-order valence-electron chi connectivity index (χ0n) is 18.6. The second kappa shape index (κ2) is 10.8. The number of benzene rings is 2. The number of ether oxygens (including phenoxy) is 1. The first kappa shape index (κ1) is 24.6. The van der Waals surface area contributed by atoms with Gasteiger partial charge >= 0.3 is 0 Å². The summed E-state index contributed by atoms with van der Waals surface area (Å²) in [6.45, 7) is 1.96. The fraction of sp³-hybridized carbons (Fsp3) is 0.217. The Hall–Kier alpha value is -3.99. The molecule has 34 heavy (non-hydrogen) atoms. The lowest BCUT2D eigenvalue weighted by atomic mass is 10.1. The Kier molecular flexibility index (Phi) is 7.79. The van der Waals surface area contributed by atoms with E-state index in [1.165, 1.54) is 29.2 Å². The SMILES string of the molecule is CC[C@@H](C(=O)NCc1ccc(OC)cc1)N(C(=O)c1snc(C(N)=O)c1N)c1ccc(F)cc1. The lowest BCUT2D eigenvalue weighted by Gasteiger charge is -2.30. The Labute approximate surface area is 199 Å². The van der Waals surface area contributed by atoms with Crippen LogP contribution in [0.4, 0.5) is 15.8 Å². The molecule has 3 aromatic rings. The molecular formula is C23H24FN5O4S. The minimum Gasteiger partial charge on any atom is -0.497 e. The summed E-state index contributed by atoms with van der Waals surface area (Å²) in [5.41, 5.74) is 12.0. The molecule has 3 amide bonds. The number of nitrogens with one attached hydrogen (secondary N) is 1. The molecule has 0 radical (unpaired) electrons. The summed E-state index contributed by atoms with van der Waals surface area (Å²) < 4.78 is 22.6. The van der Waals surface area contributed by atoms with Gasteiger partial charge in [-0.3, -0.25) is 19.3 Å². The number of anilines is 2. The van der Waals surface area contributed by atoms with E-state index in [1.54, 1.807) is 26.2 Å². The average molecular weight is 486 g/mol. The minimum atomic E-state index is -0.949. The van der Waals surface area contributed by atoms with Crippen LogP contribution in [-0.4, -0.2) is 35.2 Å². The molecule has 0 saturated heterocycles. The standard InChI is InChI=1S/C23H24FN5O4S/c1-3-17(22(31)27-12-13-4-10-16(33-2)11-5-13)29(15-8-6-14(24)7-9-15)23(32)20-18(25)19(21(26)30)28-34-20/h4-11,17H,3,12,25H2,1-2H3,(H2,26,30)(H,27,31)/t17-/m0/s1. The van der Waals surface area contributed by atoms with E-state index in [2.05, 4.69) is 9.69 Å². The monoisotopic (exact) mass is 485 g/mol. The summed E-state index contributed by atoms with van der Waals surface area (Å²) in [5.74, 6) is -1.76. The number of primary amides is 1. The largest absolute Gasteiger partial charge is 0.497 e. The number of aromatic nitrogens is 1. The van der Waals surface area contributed by atoms with Crippen LogP contribution in [0.2, 0.25) is 0 Å². The number of carbonyl (C=O) groups is 3. The van der Waals surface area contributed by atoms with Crippen molar-refractivity contribution in [3.63, 3.8) is 0 Å². The Balaban J connectivity index is 1.91. The van der Waals surface area contributed by atoms with E-state index in [-0.39, 0.29) is 34.9 Å². The number of methoxy groups -OCH3 is 1. The van der Waals surface area contributed by atoms with Crippen molar-refractivity contribution < 1.29 is 23.5 Å². The molecule has 0 saturated carbocycles. The highest BCUT2D eigenvalue weighted by molar-refractivity contribution is 7.09. The fourth-order valence-electron chi connectivity index (χ4n) is 3.31. The van der Waals surface area contributed by atoms with Gasteiger partial charge in [0, 0.05) is 12.2 Å². The molecule has 5 N–H and O–H groups in total. The fourth-order valence-corrected chi connectivity index (χ4v) is 4.06. The maximum absolute atomic E-state index is 13.6. The Bertz CT molecular complexity index is 1180. The number of carbonyl (C=O) groups excluding carboxylic acids is 3. The minimum absolute atomic E-state index is 0.0421. The highest BCUT2D eigenvalue weighted by Crippen LogP contribution is 2.28. The molecule has 0 unspecified atom stereocenters. The number of amides is 3. The molecular weight excluding hydrogens is 461 g/mol. The van der Waals surface area contributed by atoms with Crippen LogP contribution in [0.5, 0.6) is 5.75 Å². The molecule has 1 heterocycles. The Morgan fingerprint density at radius 3 is 2.32 bits per heavy atom. The van der Waals surface area contributed by atoms with E-state index >= 15 is 0 Å². The van der Waals surface area contributed by atoms with E-state index in [9.17, 15) is 18.8 Å². The van der Waals surface area contributed by atoms with Gasteiger partial charge < -0.3 is 21.5 Å². The number of hydrogen-bond donors (Lipinski definition) is 3. The number of hydrogen-bond acceptors (Lipinski definition) is 7. The van der Waals surface area contributed by atoms with Crippen molar-refractivity contribution in [3.05, 3.63) is 70.5 Å². The quantitative estimate of drug-likeness (QED) is 0.426. The number of halogens is 1. The number of nitrogens with two attached hydrogens (primary N) is 2. The Morgan fingerprint density at radius 2 is 1.79 bits per heavy atom. The molecule has 2 aromatic carbocycles. The average Bonchev–Trinajstić information content (AvgIpc) is 3.23. The second-order valence-corrected chi connectivity index (χ2v) is 8.05. The van der Waals surface area contributed by atoms with Crippen LogP contribution in [0, 0.1) is 5.82 Å². The third-order valence-corrected chi connectivity index (χ3v) is 5.96. The normalized spacial score (nSPS) is 11.5. The van der Waals surface area contributed by atoms with Crippen molar-refractivity contribution in [2.45, 2.75) is 25.9 Å². The highest BCUT2D eigenvalue weighted by atomic mass is 32.1. The van der Waals surface area contributed by atoms with Gasteiger partial charge in [-0.2, -0.15) is 4.37 Å². The summed E-state index contributed by atoms with van der Waals surface area (Å²) in [7, 11) is 1.56. The molecule has 178 valence electrons. The van der Waals surface area contributed by atoms with Gasteiger partial charge in [-0.1, -0.05) is 19.1 Å². The van der Waals surface area contributed by atoms with E-state index in [1.807, 2.05) is 12.1 Å². The summed E-state index contributed by atoms with van der Waals surface area (Å²) in [6, 6.07) is 11.4. The van der Waals surface area contributed by atoms with Crippen LogP contribution in [-0.2, 0) is 11.3 Å². The molecule has 3 rings (SSSR count). The highest BCUT2D eigenvalue weighted by Gasteiger charge is 2.33. The van der Waals surface area contributed by atoms with E-state index in [0.29, 0.717) is 17.3 Å². The van der Waals surface area contributed by atoms with Gasteiger partial charge in [0.05, 0.1) is 12.8 Å². The van der Waals surface area contributed by atoms with E-state index in [0.717, 1.165) is 5.56 Å². The van der Waals surface area contributed by atoms with E-state index in [4.69, 9.17) is 16.2 Å². The maximum Gasteiger partial charge on any atom is 0.272 e. The van der Waals surface area contributed by atoms with Gasteiger partial charge in [-0.25, -0.2) is 4.39 Å². The first-order valence-corrected chi connectivity index (χ1v) is 11.1. The van der Waals surface area contributed by atoms with Crippen LogP contribution >= 0.6 is 11.5 Å². The van der Waals surface area contributed by atoms with Crippen molar-refractivity contribution in [1.29, 1.82) is 0 Å². The summed E-state index contributed by atoms with van der Waals surface area (Å²) >= 11 is 0.707. The van der Waals surface area contributed by atoms with E-state index < -0.39 is 29.6 Å². The predicted molar refractivity (Wildman–Crippen MR) is 127 cm³/mol. The molecule has 9 nitrogen and oxygen atoms in total. The molecule has 0 aliphatic carbocycles. The van der Waals surface area contributed by atoms with Crippen molar-refractivity contribution in [2.24, 2.45) is 5.73 Å². The first-order valence-electron chi connectivity index (χ1n) is 10.3. The van der Waals surface area contributed by atoms with Crippen molar-refractivity contribution in [3.8, 4) is 5.75 Å². The molecule has 0 aliphatic rings. The Morgan fingerprint density at radius 1 is 1.15 bits per heavy atom.